The van der Waals surface area contributed by atoms with Crippen molar-refractivity contribution in [2.24, 2.45) is 0 Å². The lowest BCUT2D eigenvalue weighted by atomic mass is 10.0. The number of anilines is 1. The Bertz CT molecular complexity index is 429. The fourth-order valence-corrected chi connectivity index (χ4v) is 2.01. The molecular weight excluding hydrogens is 220 g/mol. The van der Waals surface area contributed by atoms with E-state index in [4.69, 9.17) is 17.0 Å². The molecule has 4 heteroatoms. The quantitative estimate of drug-likeness (QED) is 0.733. The van der Waals surface area contributed by atoms with E-state index in [0.717, 1.165) is 17.9 Å². The Labute approximate surface area is 101 Å². The molecule has 0 unspecified atom stereocenters. The number of hydrogen-bond acceptors (Lipinski definition) is 2. The summed E-state index contributed by atoms with van der Waals surface area (Å²) in [6.07, 6.45) is 0.935. The van der Waals surface area contributed by atoms with Crippen molar-refractivity contribution in [3.63, 3.8) is 0 Å². The van der Waals surface area contributed by atoms with Gasteiger partial charge in [0.1, 0.15) is 11.4 Å². The Morgan fingerprint density at radius 1 is 1.44 bits per heavy atom. The number of rotatable bonds is 1. The summed E-state index contributed by atoms with van der Waals surface area (Å²) in [5.41, 5.74) is 2.04. The molecule has 0 amide bonds. The van der Waals surface area contributed by atoms with E-state index in [-0.39, 0.29) is 5.60 Å². The molecular formula is C12H16N2OS. The van der Waals surface area contributed by atoms with Crippen molar-refractivity contribution in [1.29, 1.82) is 0 Å². The molecule has 0 atom stereocenters. The zero-order chi connectivity index (χ0) is 11.8. The van der Waals surface area contributed by atoms with Crippen LogP contribution >= 0.6 is 12.2 Å². The minimum absolute atomic E-state index is 0.124. The summed E-state index contributed by atoms with van der Waals surface area (Å²) >= 11 is 5.09. The van der Waals surface area contributed by atoms with E-state index in [2.05, 4.69) is 30.5 Å². The van der Waals surface area contributed by atoms with Gasteiger partial charge in [-0.1, -0.05) is 12.1 Å². The average molecular weight is 236 g/mol. The van der Waals surface area contributed by atoms with Crippen LogP contribution in [0.2, 0.25) is 0 Å². The smallest absolute Gasteiger partial charge is 0.170 e. The molecule has 3 nitrogen and oxygen atoms in total. The summed E-state index contributed by atoms with van der Waals surface area (Å²) in [5.74, 6) is 0.921. The van der Waals surface area contributed by atoms with Crippen LogP contribution in [0.3, 0.4) is 0 Å². The van der Waals surface area contributed by atoms with E-state index in [0.29, 0.717) is 5.11 Å². The largest absolute Gasteiger partial charge is 0.485 e. The van der Waals surface area contributed by atoms with Crippen LogP contribution in [0.5, 0.6) is 5.75 Å². The van der Waals surface area contributed by atoms with E-state index in [1.165, 1.54) is 5.56 Å². The lowest BCUT2D eigenvalue weighted by molar-refractivity contribution is 0.139. The Kier molecular flexibility index (Phi) is 2.76. The molecule has 0 saturated heterocycles. The van der Waals surface area contributed by atoms with Crippen molar-refractivity contribution in [2.45, 2.75) is 25.9 Å². The first-order valence-corrected chi connectivity index (χ1v) is 5.72. The molecule has 0 aliphatic carbocycles. The first kappa shape index (κ1) is 11.2. The summed E-state index contributed by atoms with van der Waals surface area (Å²) in [6, 6.07) is 6.09. The molecule has 2 N–H and O–H groups in total. The van der Waals surface area contributed by atoms with Crippen LogP contribution in [-0.4, -0.2) is 17.8 Å². The first-order valence-electron chi connectivity index (χ1n) is 5.31. The van der Waals surface area contributed by atoms with Gasteiger partial charge in [-0.25, -0.2) is 0 Å². The van der Waals surface area contributed by atoms with E-state index < -0.39 is 0 Å². The van der Waals surface area contributed by atoms with Crippen LogP contribution < -0.4 is 15.4 Å². The maximum atomic E-state index is 5.92. The van der Waals surface area contributed by atoms with Crippen LogP contribution in [0.1, 0.15) is 19.4 Å². The topological polar surface area (TPSA) is 33.3 Å². The minimum atomic E-state index is -0.124. The second-order valence-corrected chi connectivity index (χ2v) is 4.94. The molecule has 0 radical (unpaired) electrons. The molecule has 86 valence electrons. The number of thiocarbonyl (C=S) groups is 1. The highest BCUT2D eigenvalue weighted by Gasteiger charge is 2.31. The van der Waals surface area contributed by atoms with Crippen molar-refractivity contribution in [1.82, 2.24) is 5.32 Å². The second-order valence-electron chi connectivity index (χ2n) is 4.54. The lowest BCUT2D eigenvalue weighted by Gasteiger charge is -2.18. The highest BCUT2D eigenvalue weighted by Crippen LogP contribution is 2.40. The third-order valence-electron chi connectivity index (χ3n) is 2.57. The first-order chi connectivity index (χ1) is 7.52. The van der Waals surface area contributed by atoms with Gasteiger partial charge >= 0.3 is 0 Å². The zero-order valence-electron chi connectivity index (χ0n) is 9.76. The van der Waals surface area contributed by atoms with Crippen LogP contribution in [0, 0.1) is 0 Å². The van der Waals surface area contributed by atoms with Gasteiger partial charge in [0.15, 0.2) is 5.11 Å². The van der Waals surface area contributed by atoms with Gasteiger partial charge in [0.05, 0.1) is 5.69 Å². The summed E-state index contributed by atoms with van der Waals surface area (Å²) in [6.45, 7) is 4.18. The third-order valence-corrected chi connectivity index (χ3v) is 2.87. The SMILES string of the molecule is CNC(=S)Nc1cccc2c1OC(C)(C)C2. The van der Waals surface area contributed by atoms with Gasteiger partial charge in [0, 0.05) is 19.0 Å². The number of nitrogens with one attached hydrogen (secondary N) is 2. The summed E-state index contributed by atoms with van der Waals surface area (Å²) in [7, 11) is 1.79. The summed E-state index contributed by atoms with van der Waals surface area (Å²) in [4.78, 5) is 0. The fourth-order valence-electron chi connectivity index (χ4n) is 1.90. The molecule has 1 heterocycles. The van der Waals surface area contributed by atoms with Crippen LogP contribution in [-0.2, 0) is 6.42 Å². The van der Waals surface area contributed by atoms with Gasteiger partial charge in [-0.2, -0.15) is 0 Å². The normalized spacial score (nSPS) is 16.2. The minimum Gasteiger partial charge on any atom is -0.485 e. The molecule has 1 aliphatic heterocycles. The van der Waals surface area contributed by atoms with Crippen LogP contribution in [0.4, 0.5) is 5.69 Å². The molecule has 0 saturated carbocycles. The van der Waals surface area contributed by atoms with Gasteiger partial charge in [0.2, 0.25) is 0 Å². The Morgan fingerprint density at radius 3 is 2.88 bits per heavy atom. The zero-order valence-corrected chi connectivity index (χ0v) is 10.6. The molecule has 1 aliphatic rings. The highest BCUT2D eigenvalue weighted by molar-refractivity contribution is 7.80. The van der Waals surface area contributed by atoms with Crippen molar-refractivity contribution < 1.29 is 4.74 Å². The van der Waals surface area contributed by atoms with Gasteiger partial charge in [-0.05, 0) is 32.1 Å². The maximum absolute atomic E-state index is 5.92. The molecule has 0 fully saturated rings. The van der Waals surface area contributed by atoms with E-state index in [1.807, 2.05) is 12.1 Å². The average Bonchev–Trinajstić information content (AvgIpc) is 2.53. The standard InChI is InChI=1S/C12H16N2OS/c1-12(2)7-8-5-4-6-9(10(8)15-12)14-11(16)13-3/h4-6H,7H2,1-3H3,(H2,13,14,16). The molecule has 0 bridgehead atoms. The number of ether oxygens (including phenoxy) is 1. The summed E-state index contributed by atoms with van der Waals surface area (Å²) < 4.78 is 5.92. The Hall–Kier alpha value is -1.29. The maximum Gasteiger partial charge on any atom is 0.170 e. The van der Waals surface area contributed by atoms with Gasteiger partial charge in [0.25, 0.3) is 0 Å². The summed E-state index contributed by atoms with van der Waals surface area (Å²) in [5, 5.41) is 6.61. The highest BCUT2D eigenvalue weighted by atomic mass is 32.1. The molecule has 1 aromatic rings. The Morgan fingerprint density at radius 2 is 2.19 bits per heavy atom. The van der Waals surface area contributed by atoms with Gasteiger partial charge < -0.3 is 15.4 Å². The van der Waals surface area contributed by atoms with Gasteiger partial charge in [-0.15, -0.1) is 0 Å². The van der Waals surface area contributed by atoms with Gasteiger partial charge in [-0.3, -0.25) is 0 Å². The van der Waals surface area contributed by atoms with Crippen molar-refractivity contribution >= 4 is 23.0 Å². The predicted molar refractivity (Wildman–Crippen MR) is 70.1 cm³/mol. The number of fused-ring (bicyclic) bond motifs is 1. The van der Waals surface area contributed by atoms with Crippen LogP contribution in [0.15, 0.2) is 18.2 Å². The van der Waals surface area contributed by atoms with E-state index in [9.17, 15) is 0 Å². The van der Waals surface area contributed by atoms with E-state index >= 15 is 0 Å². The van der Waals surface area contributed by atoms with Crippen molar-refractivity contribution in [3.05, 3.63) is 23.8 Å². The molecule has 16 heavy (non-hydrogen) atoms. The second kappa shape index (κ2) is 3.94. The molecule has 0 spiro atoms. The fraction of sp³-hybridized carbons (Fsp3) is 0.417. The monoisotopic (exact) mass is 236 g/mol. The van der Waals surface area contributed by atoms with Crippen molar-refractivity contribution in [3.8, 4) is 5.75 Å². The van der Waals surface area contributed by atoms with Crippen LogP contribution in [0.25, 0.3) is 0 Å². The Balaban J connectivity index is 2.30. The molecule has 2 rings (SSSR count). The van der Waals surface area contributed by atoms with Crippen molar-refractivity contribution in [2.75, 3.05) is 12.4 Å². The third kappa shape index (κ3) is 2.11. The van der Waals surface area contributed by atoms with E-state index in [1.54, 1.807) is 7.05 Å². The predicted octanol–water partition coefficient (Wildman–Crippen LogP) is 2.32. The number of benzene rings is 1. The molecule has 1 aromatic carbocycles. The number of hydrogen-bond donors (Lipinski definition) is 2. The lowest BCUT2D eigenvalue weighted by Crippen LogP contribution is -2.26. The molecule has 0 aromatic heterocycles. The number of para-hydroxylation sites is 1.